The molecule has 1 amide bonds. The van der Waals surface area contributed by atoms with Crippen LogP contribution in [-0.4, -0.2) is 22.7 Å². The Balaban J connectivity index is 1.77. The van der Waals surface area contributed by atoms with E-state index < -0.39 is 11.9 Å². The standard InChI is InChI=1S/C24H24ClF2N3O2/c1-3-4-9-32-24(31)30-23-22(27)17(7-8-29-23)11-19-14-28-13-18(15(19)2)10-16-5-6-20(25)12-21(16)26/h5-8,12-14H,3-4,9-11H2,1-2H3,(H,29,30,31). The van der Waals surface area contributed by atoms with Crippen molar-refractivity contribution in [2.45, 2.75) is 39.5 Å². The SMILES string of the molecule is CCCCOC(=O)Nc1nccc(Cc2cncc(Cc3ccc(Cl)cc3F)c2C)c1F. The average Bonchev–Trinajstić information content (AvgIpc) is 2.75. The number of anilines is 1. The molecule has 8 heteroatoms. The lowest BCUT2D eigenvalue weighted by molar-refractivity contribution is 0.159. The number of carbonyl (C=O) groups is 1. The summed E-state index contributed by atoms with van der Waals surface area (Å²) < 4.78 is 34.2. The van der Waals surface area contributed by atoms with Crippen molar-refractivity contribution in [3.8, 4) is 0 Å². The van der Waals surface area contributed by atoms with Gasteiger partial charge in [0, 0.05) is 36.5 Å². The van der Waals surface area contributed by atoms with Crippen molar-refractivity contribution in [3.63, 3.8) is 0 Å². The summed E-state index contributed by atoms with van der Waals surface area (Å²) in [7, 11) is 0. The molecule has 0 aliphatic carbocycles. The van der Waals surface area contributed by atoms with Crippen LogP contribution in [0.1, 0.15) is 47.6 Å². The molecule has 32 heavy (non-hydrogen) atoms. The Labute approximate surface area is 190 Å². The van der Waals surface area contributed by atoms with E-state index in [0.717, 1.165) is 29.5 Å². The summed E-state index contributed by atoms with van der Waals surface area (Å²) in [6.07, 6.45) is 6.20. The lowest BCUT2D eigenvalue weighted by Crippen LogP contribution is -2.17. The molecule has 0 bridgehead atoms. The second kappa shape index (κ2) is 11.0. The van der Waals surface area contributed by atoms with Gasteiger partial charge in [-0.15, -0.1) is 0 Å². The minimum Gasteiger partial charge on any atom is -0.449 e. The molecule has 2 aromatic heterocycles. The summed E-state index contributed by atoms with van der Waals surface area (Å²) in [5.74, 6) is -1.20. The van der Waals surface area contributed by atoms with Crippen LogP contribution in [0, 0.1) is 18.6 Å². The minimum atomic E-state index is -0.744. The molecule has 0 aliphatic rings. The third kappa shape index (κ3) is 6.01. The van der Waals surface area contributed by atoms with Crippen LogP contribution in [0.15, 0.2) is 42.9 Å². The fourth-order valence-corrected chi connectivity index (χ4v) is 3.36. The zero-order chi connectivity index (χ0) is 23.1. The Kier molecular flexibility index (Phi) is 8.11. The molecule has 0 saturated carbocycles. The summed E-state index contributed by atoms with van der Waals surface area (Å²) in [6.45, 7) is 4.13. The Morgan fingerprint density at radius 2 is 1.81 bits per heavy atom. The van der Waals surface area contributed by atoms with E-state index in [-0.39, 0.29) is 24.7 Å². The molecule has 168 valence electrons. The highest BCUT2D eigenvalue weighted by molar-refractivity contribution is 6.30. The molecule has 3 aromatic rings. The first-order valence-corrected chi connectivity index (χ1v) is 10.7. The van der Waals surface area contributed by atoms with Gasteiger partial charge in [0.15, 0.2) is 11.6 Å². The van der Waals surface area contributed by atoms with Crippen molar-refractivity contribution in [2.24, 2.45) is 0 Å². The van der Waals surface area contributed by atoms with Crippen molar-refractivity contribution in [3.05, 3.63) is 87.3 Å². The topological polar surface area (TPSA) is 64.1 Å². The van der Waals surface area contributed by atoms with E-state index >= 15 is 0 Å². The monoisotopic (exact) mass is 459 g/mol. The molecule has 0 saturated heterocycles. The molecular weight excluding hydrogens is 436 g/mol. The maximum atomic E-state index is 15.0. The first kappa shape index (κ1) is 23.6. The molecule has 3 rings (SSSR count). The molecule has 0 atom stereocenters. The van der Waals surface area contributed by atoms with E-state index in [4.69, 9.17) is 16.3 Å². The fourth-order valence-electron chi connectivity index (χ4n) is 3.20. The molecule has 0 fully saturated rings. The van der Waals surface area contributed by atoms with Crippen LogP contribution in [0.5, 0.6) is 0 Å². The Morgan fingerprint density at radius 3 is 2.50 bits per heavy atom. The summed E-state index contributed by atoms with van der Waals surface area (Å²) in [5, 5.41) is 2.68. The number of nitrogens with zero attached hydrogens (tertiary/aromatic N) is 2. The number of rotatable bonds is 8. The van der Waals surface area contributed by atoms with Crippen LogP contribution < -0.4 is 5.32 Å². The Bertz CT molecular complexity index is 1110. The van der Waals surface area contributed by atoms with E-state index in [0.29, 0.717) is 22.6 Å². The smallest absolute Gasteiger partial charge is 0.412 e. The van der Waals surface area contributed by atoms with Crippen LogP contribution in [0.3, 0.4) is 0 Å². The molecule has 0 aliphatic heterocycles. The van der Waals surface area contributed by atoms with Gasteiger partial charge in [-0.05, 0) is 59.4 Å². The van der Waals surface area contributed by atoms with Crippen LogP contribution >= 0.6 is 11.6 Å². The number of ether oxygens (including phenoxy) is 1. The van der Waals surface area contributed by atoms with E-state index in [1.807, 2.05) is 13.8 Å². The van der Waals surface area contributed by atoms with Gasteiger partial charge in [0.25, 0.3) is 0 Å². The van der Waals surface area contributed by atoms with E-state index in [2.05, 4.69) is 15.3 Å². The number of benzene rings is 1. The maximum absolute atomic E-state index is 15.0. The van der Waals surface area contributed by atoms with Gasteiger partial charge in [-0.2, -0.15) is 0 Å². The van der Waals surface area contributed by atoms with Crippen molar-refractivity contribution in [1.29, 1.82) is 0 Å². The average molecular weight is 460 g/mol. The Hall–Kier alpha value is -3.06. The summed E-state index contributed by atoms with van der Waals surface area (Å²) in [6, 6.07) is 6.11. The fraction of sp³-hybridized carbons (Fsp3) is 0.292. The first-order valence-electron chi connectivity index (χ1n) is 10.3. The van der Waals surface area contributed by atoms with Gasteiger partial charge in [0.1, 0.15) is 5.82 Å². The zero-order valence-electron chi connectivity index (χ0n) is 17.9. The van der Waals surface area contributed by atoms with E-state index in [9.17, 15) is 13.6 Å². The zero-order valence-corrected chi connectivity index (χ0v) is 18.7. The second-order valence-electron chi connectivity index (χ2n) is 7.42. The number of unbranched alkanes of at least 4 members (excludes halogenated alkanes) is 1. The second-order valence-corrected chi connectivity index (χ2v) is 7.86. The predicted molar refractivity (Wildman–Crippen MR) is 120 cm³/mol. The quantitative estimate of drug-likeness (QED) is 0.404. The number of aromatic nitrogens is 2. The molecule has 5 nitrogen and oxygen atoms in total. The van der Waals surface area contributed by atoms with Gasteiger partial charge in [-0.25, -0.2) is 18.6 Å². The summed E-state index contributed by atoms with van der Waals surface area (Å²) in [4.78, 5) is 20.0. The number of halogens is 3. The summed E-state index contributed by atoms with van der Waals surface area (Å²) in [5.41, 5.74) is 3.36. The van der Waals surface area contributed by atoms with Crippen LogP contribution in [0.4, 0.5) is 19.4 Å². The van der Waals surface area contributed by atoms with Gasteiger partial charge < -0.3 is 4.74 Å². The van der Waals surface area contributed by atoms with Crippen molar-refractivity contribution < 1.29 is 18.3 Å². The van der Waals surface area contributed by atoms with E-state index in [1.54, 1.807) is 30.6 Å². The highest BCUT2D eigenvalue weighted by atomic mass is 35.5. The number of hydrogen-bond acceptors (Lipinski definition) is 4. The molecule has 0 radical (unpaired) electrons. The molecule has 0 spiro atoms. The third-order valence-electron chi connectivity index (χ3n) is 5.12. The summed E-state index contributed by atoms with van der Waals surface area (Å²) >= 11 is 5.83. The van der Waals surface area contributed by atoms with Crippen molar-refractivity contribution in [2.75, 3.05) is 11.9 Å². The molecule has 0 unspecified atom stereocenters. The van der Waals surface area contributed by atoms with Gasteiger partial charge in [-0.1, -0.05) is 31.0 Å². The molecule has 2 heterocycles. The van der Waals surface area contributed by atoms with Crippen molar-refractivity contribution >= 4 is 23.5 Å². The largest absolute Gasteiger partial charge is 0.449 e. The molecular formula is C24H24ClF2N3O2. The van der Waals surface area contributed by atoms with Gasteiger partial charge in [0.05, 0.1) is 6.61 Å². The number of pyridine rings is 2. The van der Waals surface area contributed by atoms with Crippen molar-refractivity contribution in [1.82, 2.24) is 9.97 Å². The normalized spacial score (nSPS) is 10.8. The molecule has 1 aromatic carbocycles. The first-order chi connectivity index (χ1) is 15.4. The lowest BCUT2D eigenvalue weighted by atomic mass is 9.96. The number of nitrogens with one attached hydrogen (secondary N) is 1. The number of amides is 1. The predicted octanol–water partition coefficient (Wildman–Crippen LogP) is 6.25. The third-order valence-corrected chi connectivity index (χ3v) is 5.36. The van der Waals surface area contributed by atoms with Crippen LogP contribution in [0.2, 0.25) is 5.02 Å². The lowest BCUT2D eigenvalue weighted by Gasteiger charge is -2.13. The minimum absolute atomic E-state index is 0.186. The number of hydrogen-bond donors (Lipinski definition) is 1. The number of carbonyl (C=O) groups excluding carboxylic acids is 1. The van der Waals surface area contributed by atoms with E-state index in [1.165, 1.54) is 12.3 Å². The maximum Gasteiger partial charge on any atom is 0.412 e. The van der Waals surface area contributed by atoms with Gasteiger partial charge in [0.2, 0.25) is 0 Å². The van der Waals surface area contributed by atoms with Gasteiger partial charge in [-0.3, -0.25) is 10.3 Å². The molecule has 1 N–H and O–H groups in total. The van der Waals surface area contributed by atoms with Gasteiger partial charge >= 0.3 is 6.09 Å². The highest BCUT2D eigenvalue weighted by Crippen LogP contribution is 2.24. The van der Waals surface area contributed by atoms with Crippen LogP contribution in [0.25, 0.3) is 0 Å². The van der Waals surface area contributed by atoms with Crippen LogP contribution in [-0.2, 0) is 17.6 Å². The highest BCUT2D eigenvalue weighted by Gasteiger charge is 2.16. The Morgan fingerprint density at radius 1 is 1.09 bits per heavy atom.